The molecule has 2 aromatic heterocycles. The second-order valence-electron chi connectivity index (χ2n) is 13.2. The monoisotopic (exact) mass is 639 g/mol. The fourth-order valence-corrected chi connectivity index (χ4v) is 7.94. The van der Waals surface area contributed by atoms with Gasteiger partial charge >= 0.3 is 6.18 Å². The number of nitrogens with one attached hydrogen (secondary N) is 1. The van der Waals surface area contributed by atoms with Gasteiger partial charge in [-0.2, -0.15) is 18.2 Å². The minimum atomic E-state index is -4.15. The molecule has 0 bridgehead atoms. The number of carbonyl (C=O) groups is 1. The van der Waals surface area contributed by atoms with Gasteiger partial charge < -0.3 is 15.0 Å². The number of piperidine rings is 1. The Bertz CT molecular complexity index is 1700. The predicted octanol–water partition coefficient (Wildman–Crippen LogP) is 5.07. The van der Waals surface area contributed by atoms with Crippen LogP contribution in [0.25, 0.3) is 11.0 Å². The van der Waals surface area contributed by atoms with Gasteiger partial charge in [0.05, 0.1) is 23.8 Å². The summed E-state index contributed by atoms with van der Waals surface area (Å²) in [4.78, 5) is 41.6. The number of carbonyl (C=O) groups excluding carboxylic acids is 1. The summed E-state index contributed by atoms with van der Waals surface area (Å²) in [5.74, 6) is 0.874. The lowest BCUT2D eigenvalue weighted by molar-refractivity contribution is -0.149. The number of hydrogen-bond acceptors (Lipinski definition) is 9. The number of aryl methyl sites for hydroxylation is 1. The normalized spacial score (nSPS) is 21.7. The lowest BCUT2D eigenvalue weighted by Gasteiger charge is -2.49. The predicted molar refractivity (Wildman–Crippen MR) is 169 cm³/mol. The summed E-state index contributed by atoms with van der Waals surface area (Å²) in [6, 6.07) is 6.42. The van der Waals surface area contributed by atoms with E-state index in [-0.39, 0.29) is 29.0 Å². The Labute approximate surface area is 265 Å². The average Bonchev–Trinajstić information content (AvgIpc) is 3.54. The van der Waals surface area contributed by atoms with Crippen LogP contribution in [0.5, 0.6) is 5.75 Å². The molecule has 0 amide bonds. The highest BCUT2D eigenvalue weighted by Gasteiger charge is 2.38. The van der Waals surface area contributed by atoms with Crippen molar-refractivity contribution in [3.63, 3.8) is 0 Å². The SMILES string of the molecule is CC(=O)c1c(C)c2cnc(Nc3ccc4c(c3)OC[C@@H]3CN(C5CCN(CC(F)(F)F)CC5)CCN43)nc2n(C2CCCC2)c1=O. The number of ether oxygens (including phenoxy) is 1. The van der Waals surface area contributed by atoms with Crippen LogP contribution in [0, 0.1) is 6.92 Å². The topological polar surface area (TPSA) is 95.8 Å². The van der Waals surface area contributed by atoms with Gasteiger partial charge in [-0.25, -0.2) is 4.98 Å². The number of pyridine rings is 1. The molecule has 4 aliphatic rings. The Morgan fingerprint density at radius 1 is 1.04 bits per heavy atom. The first-order valence-electron chi connectivity index (χ1n) is 16.3. The van der Waals surface area contributed by atoms with Crippen LogP contribution in [0.15, 0.2) is 29.2 Å². The van der Waals surface area contributed by atoms with Crippen LogP contribution < -0.4 is 20.5 Å². The molecule has 3 aromatic rings. The Morgan fingerprint density at radius 3 is 2.52 bits per heavy atom. The van der Waals surface area contributed by atoms with Gasteiger partial charge in [-0.1, -0.05) is 12.8 Å². The number of nitrogens with zero attached hydrogens (tertiary/aromatic N) is 6. The summed E-state index contributed by atoms with van der Waals surface area (Å²) in [5.41, 5.74) is 2.85. The van der Waals surface area contributed by atoms with Crippen molar-refractivity contribution < 1.29 is 22.7 Å². The fraction of sp³-hybridized carbons (Fsp3) is 0.576. The first-order valence-corrected chi connectivity index (χ1v) is 16.3. The molecule has 0 spiro atoms. The van der Waals surface area contributed by atoms with E-state index < -0.39 is 12.7 Å². The first kappa shape index (κ1) is 30.9. The van der Waals surface area contributed by atoms with E-state index in [0.29, 0.717) is 48.3 Å². The van der Waals surface area contributed by atoms with Crippen LogP contribution in [-0.2, 0) is 0 Å². The molecule has 3 fully saturated rings. The molecule has 5 heterocycles. The Morgan fingerprint density at radius 2 is 1.80 bits per heavy atom. The lowest BCUT2D eigenvalue weighted by atomic mass is 9.99. The van der Waals surface area contributed by atoms with Gasteiger partial charge in [0.1, 0.15) is 18.0 Å². The molecule has 1 aliphatic carbocycles. The number of anilines is 3. The number of likely N-dealkylation sites (tertiary alicyclic amines) is 1. The summed E-state index contributed by atoms with van der Waals surface area (Å²) in [7, 11) is 0. The molecular weight excluding hydrogens is 599 g/mol. The number of rotatable bonds is 6. The number of piperazine rings is 1. The highest BCUT2D eigenvalue weighted by molar-refractivity contribution is 5.99. The third-order valence-electron chi connectivity index (χ3n) is 10.2. The highest BCUT2D eigenvalue weighted by atomic mass is 19.4. The molecule has 1 N–H and O–H groups in total. The van der Waals surface area contributed by atoms with E-state index in [1.807, 2.05) is 18.2 Å². The van der Waals surface area contributed by atoms with Gasteiger partial charge in [0, 0.05) is 55.1 Å². The summed E-state index contributed by atoms with van der Waals surface area (Å²) in [6.07, 6.45) is 2.86. The molecule has 10 nitrogen and oxygen atoms in total. The third-order valence-corrected chi connectivity index (χ3v) is 10.2. The molecule has 0 radical (unpaired) electrons. The number of Topliss-reactive ketones (excluding diaryl/α,β-unsaturated/α-hetero) is 1. The van der Waals surface area contributed by atoms with Crippen molar-refractivity contribution in [3.05, 3.63) is 45.9 Å². The molecule has 2 saturated heterocycles. The van der Waals surface area contributed by atoms with Crippen molar-refractivity contribution in [2.24, 2.45) is 0 Å². The molecule has 1 aromatic carbocycles. The molecule has 7 rings (SSSR count). The highest BCUT2D eigenvalue weighted by Crippen LogP contribution is 2.39. The summed E-state index contributed by atoms with van der Waals surface area (Å²) >= 11 is 0. The van der Waals surface area contributed by atoms with Crippen LogP contribution in [0.3, 0.4) is 0 Å². The van der Waals surface area contributed by atoms with Crippen molar-refractivity contribution in [1.82, 2.24) is 24.3 Å². The van der Waals surface area contributed by atoms with Crippen molar-refractivity contribution in [1.29, 1.82) is 0 Å². The number of halogens is 3. The quantitative estimate of drug-likeness (QED) is 0.371. The van der Waals surface area contributed by atoms with E-state index in [4.69, 9.17) is 9.72 Å². The second kappa shape index (κ2) is 12.1. The molecular formula is C33H40F3N7O3. The zero-order chi connectivity index (χ0) is 32.2. The maximum Gasteiger partial charge on any atom is 0.401 e. The molecule has 13 heteroatoms. The van der Waals surface area contributed by atoms with E-state index in [0.717, 1.165) is 75.3 Å². The Kier molecular flexibility index (Phi) is 8.16. The van der Waals surface area contributed by atoms with E-state index in [1.165, 1.54) is 11.8 Å². The smallest absolute Gasteiger partial charge is 0.401 e. The zero-order valence-electron chi connectivity index (χ0n) is 26.3. The van der Waals surface area contributed by atoms with Gasteiger partial charge in [-0.05, 0) is 70.3 Å². The van der Waals surface area contributed by atoms with E-state index in [2.05, 4.69) is 20.1 Å². The summed E-state index contributed by atoms with van der Waals surface area (Å²) in [6.45, 7) is 6.37. The van der Waals surface area contributed by atoms with Crippen LogP contribution >= 0.6 is 0 Å². The number of benzene rings is 1. The Balaban J connectivity index is 1.06. The van der Waals surface area contributed by atoms with Gasteiger partial charge in [0.2, 0.25) is 5.95 Å². The second-order valence-corrected chi connectivity index (χ2v) is 13.2. The van der Waals surface area contributed by atoms with Crippen LogP contribution in [0.1, 0.15) is 67.4 Å². The minimum Gasteiger partial charge on any atom is -0.489 e. The fourth-order valence-electron chi connectivity index (χ4n) is 7.94. The van der Waals surface area contributed by atoms with E-state index in [1.54, 1.807) is 17.7 Å². The van der Waals surface area contributed by atoms with Crippen molar-refractivity contribution in [3.8, 4) is 5.75 Å². The van der Waals surface area contributed by atoms with Gasteiger partial charge in [0.25, 0.3) is 5.56 Å². The molecule has 246 valence electrons. The van der Waals surface area contributed by atoms with E-state index in [9.17, 15) is 22.8 Å². The van der Waals surface area contributed by atoms with Crippen LogP contribution in [0.4, 0.5) is 30.5 Å². The molecule has 1 atom stereocenters. The van der Waals surface area contributed by atoms with Crippen molar-refractivity contribution in [2.45, 2.75) is 76.7 Å². The molecule has 1 saturated carbocycles. The average molecular weight is 640 g/mol. The zero-order valence-corrected chi connectivity index (χ0v) is 26.3. The number of alkyl halides is 3. The maximum atomic E-state index is 13.5. The molecule has 0 unspecified atom stereocenters. The number of aromatic nitrogens is 3. The molecule has 46 heavy (non-hydrogen) atoms. The van der Waals surface area contributed by atoms with Gasteiger partial charge in [-0.15, -0.1) is 0 Å². The molecule has 3 aliphatic heterocycles. The van der Waals surface area contributed by atoms with Crippen LogP contribution in [0.2, 0.25) is 0 Å². The number of ketones is 1. The van der Waals surface area contributed by atoms with Gasteiger partial charge in [-0.3, -0.25) is 24.0 Å². The third kappa shape index (κ3) is 5.94. The number of fused-ring (bicyclic) bond motifs is 4. The lowest BCUT2D eigenvalue weighted by Crippen LogP contribution is -2.60. The number of hydrogen-bond donors (Lipinski definition) is 1. The van der Waals surface area contributed by atoms with Crippen molar-refractivity contribution in [2.75, 3.05) is 56.1 Å². The maximum absolute atomic E-state index is 13.5. The van der Waals surface area contributed by atoms with E-state index >= 15 is 0 Å². The standard InChI is InChI=1S/C33H40F3N7O3/c1-20-26-16-37-32(39-30(26)43(24-5-3-4-6-24)31(45)29(20)21(2)44)38-22-7-8-27-28(15-22)46-18-25-17-41(13-14-42(25)27)23-9-11-40(12-10-23)19-33(34,35)36/h7-8,15-16,23-25H,3-6,9-14,17-19H2,1-2H3,(H,37,38,39)/t25-/m0/s1. The summed E-state index contributed by atoms with van der Waals surface area (Å²) in [5, 5.41) is 4.00. The van der Waals surface area contributed by atoms with Crippen molar-refractivity contribution >= 4 is 34.1 Å². The largest absolute Gasteiger partial charge is 0.489 e. The Hall–Kier alpha value is -3.71. The van der Waals surface area contributed by atoms with Gasteiger partial charge in [0.15, 0.2) is 5.78 Å². The minimum absolute atomic E-state index is 0.00389. The van der Waals surface area contributed by atoms with Crippen LogP contribution in [-0.4, -0.2) is 94.3 Å². The first-order chi connectivity index (χ1) is 22.1. The summed E-state index contributed by atoms with van der Waals surface area (Å²) < 4.78 is 46.4.